The van der Waals surface area contributed by atoms with E-state index in [1.807, 2.05) is 6.07 Å². The molecule has 0 unspecified atom stereocenters. The monoisotopic (exact) mass is 621 g/mol. The van der Waals surface area contributed by atoms with Crippen molar-refractivity contribution >= 4 is 27.7 Å². The highest BCUT2D eigenvalue weighted by molar-refractivity contribution is 7.89. The van der Waals surface area contributed by atoms with E-state index in [4.69, 9.17) is 13.9 Å². The minimum absolute atomic E-state index is 0.0773. The van der Waals surface area contributed by atoms with Gasteiger partial charge >= 0.3 is 0 Å². The molecular formula is C31H31N3O9S. The molecule has 7 rings (SSSR count). The number of rotatable bonds is 7. The third-order valence-corrected chi connectivity index (χ3v) is 12.0. The summed E-state index contributed by atoms with van der Waals surface area (Å²) in [4.78, 5) is 25.5. The molecule has 2 bridgehead atoms. The summed E-state index contributed by atoms with van der Waals surface area (Å²) in [5.74, 6) is 0.803. The Morgan fingerprint density at radius 2 is 1.98 bits per heavy atom. The van der Waals surface area contributed by atoms with E-state index in [1.54, 1.807) is 37.3 Å². The Balaban J connectivity index is 1.30. The largest absolute Gasteiger partial charge is 0.493 e. The van der Waals surface area contributed by atoms with E-state index < -0.39 is 44.2 Å². The maximum atomic E-state index is 14.0. The van der Waals surface area contributed by atoms with Gasteiger partial charge in [-0.2, -0.15) is 4.31 Å². The van der Waals surface area contributed by atoms with E-state index in [-0.39, 0.29) is 42.3 Å². The molecule has 44 heavy (non-hydrogen) atoms. The highest BCUT2D eigenvalue weighted by atomic mass is 32.2. The molecule has 3 aromatic rings. The maximum absolute atomic E-state index is 14.0. The SMILES string of the molecule is COc1ccc2c3c1O[C@H]1[C@H](N(C)C(=O)/C=C/c4ccoc4)CC[C@@]4(O)[C@@H](C2)N(S(=O)(=O)c2ccc([N+](=O)[O-])cc2)CC[C@]314. The predicted molar refractivity (Wildman–Crippen MR) is 157 cm³/mol. The lowest BCUT2D eigenvalue weighted by molar-refractivity contribution is -0.384. The molecule has 1 saturated carbocycles. The van der Waals surface area contributed by atoms with Crippen LogP contribution in [0.3, 0.4) is 0 Å². The number of furan rings is 1. The first-order valence-corrected chi connectivity index (χ1v) is 15.8. The maximum Gasteiger partial charge on any atom is 0.269 e. The number of carbonyl (C=O) groups is 1. The lowest BCUT2D eigenvalue weighted by atomic mass is 9.48. The van der Waals surface area contributed by atoms with Gasteiger partial charge in [0.2, 0.25) is 15.9 Å². The van der Waals surface area contributed by atoms with E-state index in [0.717, 1.165) is 16.7 Å². The number of piperidine rings is 1. The molecular weight excluding hydrogens is 590 g/mol. The van der Waals surface area contributed by atoms with Crippen LogP contribution >= 0.6 is 0 Å². The van der Waals surface area contributed by atoms with Crippen LogP contribution in [0.1, 0.15) is 36.0 Å². The predicted octanol–water partition coefficient (Wildman–Crippen LogP) is 3.28. The average molecular weight is 622 g/mol. The van der Waals surface area contributed by atoms with Crippen molar-refractivity contribution in [3.05, 3.63) is 87.9 Å². The van der Waals surface area contributed by atoms with Gasteiger partial charge in [-0.25, -0.2) is 8.42 Å². The second kappa shape index (κ2) is 9.91. The summed E-state index contributed by atoms with van der Waals surface area (Å²) in [6.07, 6.45) is 6.64. The molecule has 1 spiro atoms. The molecule has 1 saturated heterocycles. The zero-order valence-electron chi connectivity index (χ0n) is 24.1. The number of ether oxygens (including phenoxy) is 2. The summed E-state index contributed by atoms with van der Waals surface area (Å²) in [7, 11) is -0.869. The van der Waals surface area contributed by atoms with Crippen LogP contribution in [0.15, 0.2) is 70.4 Å². The van der Waals surface area contributed by atoms with Crippen molar-refractivity contribution in [2.24, 2.45) is 0 Å². The summed E-state index contributed by atoms with van der Waals surface area (Å²) >= 11 is 0. The van der Waals surface area contributed by atoms with E-state index in [1.165, 1.54) is 47.2 Å². The molecule has 230 valence electrons. The Hall–Kier alpha value is -4.20. The van der Waals surface area contributed by atoms with Crippen molar-refractivity contribution in [1.82, 2.24) is 9.21 Å². The second-order valence-electron chi connectivity index (χ2n) is 11.8. The minimum Gasteiger partial charge on any atom is -0.493 e. The number of nitro benzene ring substituents is 1. The molecule has 1 N–H and O–H groups in total. The highest BCUT2D eigenvalue weighted by Crippen LogP contribution is 2.66. The number of carbonyl (C=O) groups excluding carboxylic acids is 1. The Labute approximate surface area is 253 Å². The number of amides is 1. The second-order valence-corrected chi connectivity index (χ2v) is 13.7. The van der Waals surface area contributed by atoms with Crippen molar-refractivity contribution in [3.63, 3.8) is 0 Å². The number of nitro groups is 1. The molecule has 13 heteroatoms. The van der Waals surface area contributed by atoms with E-state index in [0.29, 0.717) is 17.9 Å². The van der Waals surface area contributed by atoms with Crippen LogP contribution in [0.5, 0.6) is 11.5 Å². The number of hydrogen-bond donors (Lipinski definition) is 1. The zero-order chi connectivity index (χ0) is 31.0. The summed E-state index contributed by atoms with van der Waals surface area (Å²) in [6.45, 7) is 0.0903. The molecule has 1 aromatic heterocycles. The lowest BCUT2D eigenvalue weighted by Gasteiger charge is -2.64. The molecule has 5 atom stereocenters. The van der Waals surface area contributed by atoms with Crippen LogP contribution in [-0.4, -0.2) is 78.1 Å². The normalized spacial score (nSPS) is 28.8. The first kappa shape index (κ1) is 28.6. The fraction of sp³-hybridized carbons (Fsp3) is 0.387. The summed E-state index contributed by atoms with van der Waals surface area (Å²) in [5, 5.41) is 24.0. The fourth-order valence-electron chi connectivity index (χ4n) is 8.01. The van der Waals surface area contributed by atoms with Crippen LogP contribution in [0, 0.1) is 10.1 Å². The van der Waals surface area contributed by atoms with E-state index in [2.05, 4.69) is 0 Å². The molecule has 3 heterocycles. The molecule has 1 amide bonds. The molecule has 2 aliphatic heterocycles. The average Bonchev–Trinajstić information content (AvgIpc) is 3.65. The van der Waals surface area contributed by atoms with Gasteiger partial charge in [0.1, 0.15) is 6.10 Å². The van der Waals surface area contributed by atoms with Gasteiger partial charge in [-0.15, -0.1) is 0 Å². The Morgan fingerprint density at radius 1 is 1.20 bits per heavy atom. The molecule has 0 radical (unpaired) electrons. The van der Waals surface area contributed by atoms with Crippen molar-refractivity contribution in [2.45, 2.75) is 59.8 Å². The minimum atomic E-state index is -4.13. The standard InChI is InChI=1S/C31H31N3O9S/c1-32(26(35)10-3-19-12-16-42-18-19)23-11-13-31(36)25-17-20-4-9-24(41-2)28-27(20)30(31,29(23)43-28)14-15-33(25)44(39,40)22-7-5-21(6-8-22)34(37)38/h3-10,12,16,18,23,25,29,36H,11,13-15,17H2,1-2H3/b10-3+/t23-,25-,29+,30+,31-/m1/s1. The molecule has 2 aliphatic carbocycles. The first-order valence-electron chi connectivity index (χ1n) is 14.4. The fourth-order valence-corrected chi connectivity index (χ4v) is 9.67. The first-order chi connectivity index (χ1) is 21.0. The van der Waals surface area contributed by atoms with Crippen LogP contribution in [0.4, 0.5) is 5.69 Å². The zero-order valence-corrected chi connectivity index (χ0v) is 24.9. The number of benzene rings is 2. The third kappa shape index (κ3) is 3.82. The number of likely N-dealkylation sites (N-methyl/N-ethyl adjacent to an activating group) is 1. The molecule has 12 nitrogen and oxygen atoms in total. The van der Waals surface area contributed by atoms with Crippen LogP contribution in [0.2, 0.25) is 0 Å². The summed E-state index contributed by atoms with van der Waals surface area (Å²) in [6, 6.07) is 8.99. The van der Waals surface area contributed by atoms with Gasteiger partial charge in [-0.3, -0.25) is 14.9 Å². The van der Waals surface area contributed by atoms with Gasteiger partial charge in [0.25, 0.3) is 5.69 Å². The van der Waals surface area contributed by atoms with E-state index in [9.17, 15) is 28.4 Å². The summed E-state index contributed by atoms with van der Waals surface area (Å²) in [5.41, 5.74) is -0.290. The number of non-ortho nitro benzene ring substituents is 1. The third-order valence-electron chi connectivity index (χ3n) is 10.0. The van der Waals surface area contributed by atoms with Crippen LogP contribution < -0.4 is 9.47 Å². The lowest BCUT2D eigenvalue weighted by Crippen LogP contribution is -2.78. The number of methoxy groups -OCH3 is 1. The summed E-state index contributed by atoms with van der Waals surface area (Å²) < 4.78 is 46.9. The molecule has 4 aliphatic rings. The van der Waals surface area contributed by atoms with Gasteiger partial charge in [0.05, 0.1) is 52.6 Å². The van der Waals surface area contributed by atoms with E-state index >= 15 is 0 Å². The van der Waals surface area contributed by atoms with Gasteiger partial charge in [-0.05, 0) is 61.6 Å². The number of hydrogen-bond acceptors (Lipinski definition) is 9. The Morgan fingerprint density at radius 3 is 2.66 bits per heavy atom. The van der Waals surface area contributed by atoms with Gasteiger partial charge in [0, 0.05) is 42.9 Å². The smallest absolute Gasteiger partial charge is 0.269 e. The topological polar surface area (TPSA) is 153 Å². The highest BCUT2D eigenvalue weighted by Gasteiger charge is 2.74. The van der Waals surface area contributed by atoms with Crippen molar-refractivity contribution < 1.29 is 37.1 Å². The molecule has 2 aromatic carbocycles. The van der Waals surface area contributed by atoms with Crippen LogP contribution in [0.25, 0.3) is 6.08 Å². The molecule has 2 fully saturated rings. The number of nitrogens with zero attached hydrogens (tertiary/aromatic N) is 3. The Bertz CT molecular complexity index is 1790. The van der Waals surface area contributed by atoms with Crippen molar-refractivity contribution in [1.29, 1.82) is 0 Å². The quantitative estimate of drug-likeness (QED) is 0.238. The van der Waals surface area contributed by atoms with Gasteiger partial charge < -0.3 is 23.9 Å². The number of sulfonamides is 1. The van der Waals surface area contributed by atoms with Gasteiger partial charge in [-0.1, -0.05) is 6.07 Å². The Kier molecular flexibility index (Phi) is 6.43. The number of aliphatic hydroxyl groups is 1. The van der Waals surface area contributed by atoms with Crippen LogP contribution in [-0.2, 0) is 26.7 Å². The van der Waals surface area contributed by atoms with Crippen molar-refractivity contribution in [2.75, 3.05) is 20.7 Å². The van der Waals surface area contributed by atoms with Crippen molar-refractivity contribution in [3.8, 4) is 11.5 Å². The van der Waals surface area contributed by atoms with Gasteiger partial charge in [0.15, 0.2) is 11.5 Å².